The molecule has 0 bridgehead atoms. The first-order chi connectivity index (χ1) is 12.7. The predicted octanol–water partition coefficient (Wildman–Crippen LogP) is 3.88. The van der Waals surface area contributed by atoms with Gasteiger partial charge < -0.3 is 20.3 Å². The average Bonchev–Trinajstić information content (AvgIpc) is 2.69. The zero-order chi connectivity index (χ0) is 18.4. The van der Waals surface area contributed by atoms with Crippen LogP contribution in [0.4, 0.5) is 16.2 Å². The highest BCUT2D eigenvalue weighted by Gasteiger charge is 2.12. The van der Waals surface area contributed by atoms with Crippen molar-refractivity contribution in [3.8, 4) is 5.75 Å². The molecule has 26 heavy (non-hydrogen) atoms. The van der Waals surface area contributed by atoms with Crippen LogP contribution >= 0.6 is 11.8 Å². The van der Waals surface area contributed by atoms with Gasteiger partial charge in [0.1, 0.15) is 5.75 Å². The van der Waals surface area contributed by atoms with Crippen molar-refractivity contribution in [2.75, 3.05) is 41.9 Å². The van der Waals surface area contributed by atoms with Crippen molar-refractivity contribution in [2.45, 2.75) is 13.5 Å². The topological polar surface area (TPSA) is 53.6 Å². The Morgan fingerprint density at radius 1 is 1.19 bits per heavy atom. The summed E-state index contributed by atoms with van der Waals surface area (Å²) in [6.45, 7) is 4.64. The molecule has 1 saturated heterocycles. The van der Waals surface area contributed by atoms with Gasteiger partial charge in [-0.1, -0.05) is 12.1 Å². The Labute approximate surface area is 159 Å². The normalized spacial score (nSPS) is 14.0. The summed E-state index contributed by atoms with van der Waals surface area (Å²) in [5.41, 5.74) is 4.13. The molecule has 0 atom stereocenters. The summed E-state index contributed by atoms with van der Waals surface area (Å²) in [6, 6.07) is 13.7. The van der Waals surface area contributed by atoms with Crippen LogP contribution in [-0.4, -0.2) is 37.7 Å². The van der Waals surface area contributed by atoms with E-state index in [2.05, 4.69) is 27.7 Å². The lowest BCUT2D eigenvalue weighted by Crippen LogP contribution is -2.32. The maximum absolute atomic E-state index is 12.2. The zero-order valence-electron chi connectivity index (χ0n) is 15.2. The van der Waals surface area contributed by atoms with Crippen LogP contribution in [0, 0.1) is 6.92 Å². The molecule has 1 heterocycles. The minimum atomic E-state index is -0.210. The summed E-state index contributed by atoms with van der Waals surface area (Å²) >= 11 is 2.00. The fraction of sp³-hybridized carbons (Fsp3) is 0.350. The maximum atomic E-state index is 12.2. The highest BCUT2D eigenvalue weighted by Crippen LogP contribution is 2.25. The molecule has 2 N–H and O–H groups in total. The van der Waals surface area contributed by atoms with Crippen LogP contribution in [0.5, 0.6) is 5.75 Å². The number of methoxy groups -OCH3 is 1. The van der Waals surface area contributed by atoms with Gasteiger partial charge in [0, 0.05) is 42.5 Å². The van der Waals surface area contributed by atoms with E-state index in [0.29, 0.717) is 6.54 Å². The molecule has 2 amide bonds. The molecule has 0 saturated carbocycles. The van der Waals surface area contributed by atoms with E-state index >= 15 is 0 Å². The molecular formula is C20H25N3O2S. The van der Waals surface area contributed by atoms with Gasteiger partial charge in [-0.2, -0.15) is 11.8 Å². The Balaban J connectivity index is 1.56. The van der Waals surface area contributed by atoms with E-state index in [0.717, 1.165) is 35.7 Å². The smallest absolute Gasteiger partial charge is 0.319 e. The number of ether oxygens (including phenoxy) is 1. The van der Waals surface area contributed by atoms with E-state index in [1.807, 2.05) is 49.0 Å². The molecule has 0 spiro atoms. The lowest BCUT2D eigenvalue weighted by molar-refractivity contribution is 0.251. The van der Waals surface area contributed by atoms with Crippen LogP contribution in [-0.2, 0) is 6.54 Å². The van der Waals surface area contributed by atoms with E-state index in [1.165, 1.54) is 17.2 Å². The number of aryl methyl sites for hydroxylation is 1. The van der Waals surface area contributed by atoms with E-state index in [1.54, 1.807) is 7.11 Å². The van der Waals surface area contributed by atoms with Gasteiger partial charge in [0.05, 0.1) is 7.11 Å². The van der Waals surface area contributed by atoms with Crippen molar-refractivity contribution in [1.29, 1.82) is 0 Å². The van der Waals surface area contributed by atoms with Gasteiger partial charge in [0.15, 0.2) is 0 Å². The van der Waals surface area contributed by atoms with Gasteiger partial charge in [-0.05, 0) is 48.4 Å². The van der Waals surface area contributed by atoms with Crippen molar-refractivity contribution in [3.05, 3.63) is 53.6 Å². The molecule has 0 aromatic heterocycles. The summed E-state index contributed by atoms with van der Waals surface area (Å²) in [6.07, 6.45) is 0. The fourth-order valence-electron chi connectivity index (χ4n) is 2.94. The molecule has 0 aliphatic carbocycles. The zero-order valence-corrected chi connectivity index (χ0v) is 16.1. The molecule has 1 aliphatic rings. The van der Waals surface area contributed by atoms with Gasteiger partial charge in [-0.25, -0.2) is 4.79 Å². The summed E-state index contributed by atoms with van der Waals surface area (Å²) in [4.78, 5) is 14.6. The Morgan fingerprint density at radius 3 is 2.73 bits per heavy atom. The number of amides is 2. The number of benzene rings is 2. The first kappa shape index (κ1) is 18.5. The molecule has 0 unspecified atom stereocenters. The van der Waals surface area contributed by atoms with Crippen LogP contribution in [0.1, 0.15) is 11.1 Å². The van der Waals surface area contributed by atoms with Crippen LogP contribution in [0.2, 0.25) is 0 Å². The number of rotatable bonds is 5. The molecule has 3 rings (SSSR count). The largest absolute Gasteiger partial charge is 0.497 e. The molecule has 0 radical (unpaired) electrons. The van der Waals surface area contributed by atoms with Crippen molar-refractivity contribution in [2.24, 2.45) is 0 Å². The molecule has 2 aromatic carbocycles. The summed E-state index contributed by atoms with van der Waals surface area (Å²) in [5, 5.41) is 5.82. The maximum Gasteiger partial charge on any atom is 0.319 e. The van der Waals surface area contributed by atoms with Gasteiger partial charge >= 0.3 is 6.03 Å². The number of nitrogens with zero attached hydrogens (tertiary/aromatic N) is 1. The van der Waals surface area contributed by atoms with Crippen LogP contribution in [0.3, 0.4) is 0 Å². The molecule has 138 valence electrons. The van der Waals surface area contributed by atoms with E-state index < -0.39 is 0 Å². The van der Waals surface area contributed by atoms with E-state index in [4.69, 9.17) is 4.74 Å². The number of anilines is 2. The van der Waals surface area contributed by atoms with E-state index in [-0.39, 0.29) is 6.03 Å². The number of urea groups is 1. The first-order valence-corrected chi connectivity index (χ1v) is 9.92. The van der Waals surface area contributed by atoms with E-state index in [9.17, 15) is 4.79 Å². The second kappa shape index (κ2) is 8.85. The SMILES string of the molecule is COc1cccc(CNC(=O)Nc2ccc(N3CCSCC3)cc2C)c1. The number of carbonyl (C=O) groups excluding carboxylic acids is 1. The Hall–Kier alpha value is -2.34. The molecule has 1 fully saturated rings. The third-order valence-corrected chi connectivity index (χ3v) is 5.36. The number of hydrogen-bond acceptors (Lipinski definition) is 4. The second-order valence-corrected chi connectivity index (χ2v) is 7.48. The number of hydrogen-bond donors (Lipinski definition) is 2. The number of nitrogens with one attached hydrogen (secondary N) is 2. The van der Waals surface area contributed by atoms with Crippen molar-refractivity contribution >= 4 is 29.2 Å². The molecule has 2 aromatic rings. The monoisotopic (exact) mass is 371 g/mol. The predicted molar refractivity (Wildman–Crippen MR) is 110 cm³/mol. The third-order valence-electron chi connectivity index (χ3n) is 4.42. The lowest BCUT2D eigenvalue weighted by Gasteiger charge is -2.29. The minimum Gasteiger partial charge on any atom is -0.497 e. The quantitative estimate of drug-likeness (QED) is 0.838. The molecule has 6 heteroatoms. The number of thioether (sulfide) groups is 1. The van der Waals surface area contributed by atoms with Crippen LogP contribution in [0.15, 0.2) is 42.5 Å². The van der Waals surface area contributed by atoms with Crippen molar-refractivity contribution in [1.82, 2.24) is 5.32 Å². The molecule has 5 nitrogen and oxygen atoms in total. The van der Waals surface area contributed by atoms with Gasteiger partial charge in [-0.15, -0.1) is 0 Å². The highest BCUT2D eigenvalue weighted by atomic mass is 32.2. The minimum absolute atomic E-state index is 0.210. The average molecular weight is 372 g/mol. The second-order valence-electron chi connectivity index (χ2n) is 6.26. The summed E-state index contributed by atoms with van der Waals surface area (Å²) in [7, 11) is 1.63. The first-order valence-electron chi connectivity index (χ1n) is 8.77. The third kappa shape index (κ3) is 4.85. The Bertz CT molecular complexity index is 760. The standard InChI is InChI=1S/C20H25N3O2S/c1-15-12-17(23-8-10-26-11-9-23)6-7-19(15)22-20(24)21-14-16-4-3-5-18(13-16)25-2/h3-7,12-13H,8-11,14H2,1-2H3,(H2,21,22,24). The van der Waals surface area contributed by atoms with Gasteiger partial charge in [-0.3, -0.25) is 0 Å². The summed E-state index contributed by atoms with van der Waals surface area (Å²) < 4.78 is 5.20. The summed E-state index contributed by atoms with van der Waals surface area (Å²) in [5.74, 6) is 3.13. The Morgan fingerprint density at radius 2 is 2.00 bits per heavy atom. The highest BCUT2D eigenvalue weighted by molar-refractivity contribution is 7.99. The fourth-order valence-corrected chi connectivity index (χ4v) is 3.84. The lowest BCUT2D eigenvalue weighted by atomic mass is 10.1. The van der Waals surface area contributed by atoms with Crippen molar-refractivity contribution in [3.63, 3.8) is 0 Å². The van der Waals surface area contributed by atoms with Crippen LogP contribution in [0.25, 0.3) is 0 Å². The number of carbonyl (C=O) groups is 1. The molecular weight excluding hydrogens is 346 g/mol. The van der Waals surface area contributed by atoms with Crippen molar-refractivity contribution < 1.29 is 9.53 Å². The Kier molecular flexibility index (Phi) is 6.28. The van der Waals surface area contributed by atoms with Gasteiger partial charge in [0.25, 0.3) is 0 Å². The van der Waals surface area contributed by atoms with Crippen LogP contribution < -0.4 is 20.3 Å². The van der Waals surface area contributed by atoms with Gasteiger partial charge in [0.2, 0.25) is 0 Å². The molecule has 1 aliphatic heterocycles.